The molecule has 4 rings (SSSR count). The van der Waals surface area contributed by atoms with Crippen molar-refractivity contribution in [2.24, 2.45) is 0 Å². The van der Waals surface area contributed by atoms with Crippen molar-refractivity contribution in [3.63, 3.8) is 0 Å². The Morgan fingerprint density at radius 2 is 2.04 bits per heavy atom. The van der Waals surface area contributed by atoms with Crippen LogP contribution >= 0.6 is 0 Å². The van der Waals surface area contributed by atoms with Crippen LogP contribution in [0.15, 0.2) is 18.2 Å². The van der Waals surface area contributed by atoms with E-state index in [0.29, 0.717) is 29.9 Å². The fourth-order valence-corrected chi connectivity index (χ4v) is 3.80. The van der Waals surface area contributed by atoms with E-state index in [-0.39, 0.29) is 18.1 Å². The molecule has 0 radical (unpaired) electrons. The van der Waals surface area contributed by atoms with Crippen LogP contribution in [0.1, 0.15) is 5.82 Å². The topological polar surface area (TPSA) is 114 Å². The lowest BCUT2D eigenvalue weighted by atomic mass is 10.1. The summed E-state index contributed by atoms with van der Waals surface area (Å²) in [7, 11) is -3.26. The van der Waals surface area contributed by atoms with Crippen molar-refractivity contribution in [2.75, 3.05) is 18.5 Å². The monoisotopic (exact) mass is 333 g/mol. The number of anilines is 1. The van der Waals surface area contributed by atoms with Crippen molar-refractivity contribution in [3.8, 4) is 5.75 Å². The molecule has 9 heteroatoms. The average Bonchev–Trinajstić information content (AvgIpc) is 2.85. The second kappa shape index (κ2) is 4.56. The van der Waals surface area contributed by atoms with Crippen LogP contribution in [-0.2, 0) is 23.1 Å². The zero-order valence-electron chi connectivity index (χ0n) is 12.4. The fraction of sp³-hybridized carbons (Fsp3) is 0.286. The molecule has 3 heterocycles. The first-order chi connectivity index (χ1) is 10.8. The molecule has 1 aliphatic heterocycles. The number of phenolic OH excluding ortho intramolecular Hbond substituents is 1. The second-order valence-electron chi connectivity index (χ2n) is 5.67. The van der Waals surface area contributed by atoms with Gasteiger partial charge in [-0.1, -0.05) is 0 Å². The van der Waals surface area contributed by atoms with Gasteiger partial charge in [-0.2, -0.15) is 4.31 Å². The highest BCUT2D eigenvalue weighted by Crippen LogP contribution is 2.32. The number of hydrogen-bond acceptors (Lipinski definition) is 6. The van der Waals surface area contributed by atoms with E-state index in [1.54, 1.807) is 18.2 Å². The molecule has 1 aliphatic rings. The number of nitrogen functional groups attached to an aromatic ring is 1. The second-order valence-corrected chi connectivity index (χ2v) is 7.65. The number of phenols is 1. The number of aromatic hydroxyl groups is 1. The van der Waals surface area contributed by atoms with Crippen molar-refractivity contribution in [1.82, 2.24) is 18.8 Å². The van der Waals surface area contributed by atoms with Crippen LogP contribution in [0.5, 0.6) is 5.75 Å². The molecule has 0 atom stereocenters. The third-order valence-electron chi connectivity index (χ3n) is 4.13. The Morgan fingerprint density at radius 3 is 2.78 bits per heavy atom. The summed E-state index contributed by atoms with van der Waals surface area (Å²) in [5.74, 6) is 1.03. The van der Waals surface area contributed by atoms with Crippen molar-refractivity contribution < 1.29 is 13.5 Å². The van der Waals surface area contributed by atoms with E-state index in [2.05, 4.69) is 9.97 Å². The zero-order chi connectivity index (χ0) is 16.4. The standard InChI is InChI=1S/C14H15N5O3S/c1-23(21,22)18-4-5-19-11(7-18)17-12-13(19)9-3-2-8(20)6-10(9)16-14(12)15/h2-3,6,20H,4-5,7H2,1H3,(H2,15,16). The average molecular weight is 333 g/mol. The van der Waals surface area contributed by atoms with Crippen molar-refractivity contribution in [1.29, 1.82) is 0 Å². The van der Waals surface area contributed by atoms with Crippen molar-refractivity contribution in [2.45, 2.75) is 13.1 Å². The third-order valence-corrected chi connectivity index (χ3v) is 5.38. The zero-order valence-corrected chi connectivity index (χ0v) is 13.2. The predicted molar refractivity (Wildman–Crippen MR) is 86.4 cm³/mol. The van der Waals surface area contributed by atoms with Crippen LogP contribution < -0.4 is 5.73 Å². The van der Waals surface area contributed by atoms with Gasteiger partial charge in [0.15, 0.2) is 5.82 Å². The molecule has 2 aromatic heterocycles. The van der Waals surface area contributed by atoms with E-state index in [4.69, 9.17) is 5.73 Å². The Bertz CT molecular complexity index is 1060. The number of imidazole rings is 1. The summed E-state index contributed by atoms with van der Waals surface area (Å²) in [4.78, 5) is 8.78. The highest BCUT2D eigenvalue weighted by molar-refractivity contribution is 7.88. The van der Waals surface area contributed by atoms with Gasteiger partial charge in [-0.3, -0.25) is 0 Å². The molecular formula is C14H15N5O3S. The smallest absolute Gasteiger partial charge is 0.211 e. The third kappa shape index (κ3) is 2.12. The molecule has 3 aromatic rings. The first kappa shape index (κ1) is 14.2. The molecule has 0 aliphatic carbocycles. The molecule has 3 N–H and O–H groups in total. The molecule has 0 unspecified atom stereocenters. The van der Waals surface area contributed by atoms with Crippen LogP contribution in [0.3, 0.4) is 0 Å². The van der Waals surface area contributed by atoms with Gasteiger partial charge in [-0.25, -0.2) is 18.4 Å². The summed E-state index contributed by atoms with van der Waals surface area (Å²) >= 11 is 0. The molecule has 0 bridgehead atoms. The first-order valence-electron chi connectivity index (χ1n) is 7.07. The molecule has 0 spiro atoms. The SMILES string of the molecule is CS(=O)(=O)N1CCn2c(nc3c(N)nc4cc(O)ccc4c32)C1. The number of aromatic nitrogens is 3. The maximum absolute atomic E-state index is 11.8. The summed E-state index contributed by atoms with van der Waals surface area (Å²) in [6, 6.07) is 4.92. The molecule has 120 valence electrons. The van der Waals surface area contributed by atoms with Gasteiger partial charge in [0.05, 0.1) is 23.8 Å². The number of nitrogens with zero attached hydrogens (tertiary/aromatic N) is 4. The number of benzene rings is 1. The molecule has 0 saturated carbocycles. The summed E-state index contributed by atoms with van der Waals surface area (Å²) in [5, 5.41) is 10.5. The summed E-state index contributed by atoms with van der Waals surface area (Å²) in [5.41, 5.74) is 7.98. The molecule has 0 fully saturated rings. The van der Waals surface area contributed by atoms with E-state index >= 15 is 0 Å². The van der Waals surface area contributed by atoms with E-state index in [1.807, 2.05) is 4.57 Å². The van der Waals surface area contributed by atoms with Crippen molar-refractivity contribution >= 4 is 37.8 Å². The van der Waals surface area contributed by atoms with Crippen LogP contribution in [0, 0.1) is 0 Å². The molecule has 0 saturated heterocycles. The minimum atomic E-state index is -3.26. The Kier molecular flexibility index (Phi) is 2.82. The van der Waals surface area contributed by atoms with Crippen molar-refractivity contribution in [3.05, 3.63) is 24.0 Å². The van der Waals surface area contributed by atoms with Crippen LogP contribution in [0.2, 0.25) is 0 Å². The molecule has 0 amide bonds. The van der Waals surface area contributed by atoms with Gasteiger partial charge >= 0.3 is 0 Å². The first-order valence-corrected chi connectivity index (χ1v) is 8.92. The minimum Gasteiger partial charge on any atom is -0.508 e. The van der Waals surface area contributed by atoms with E-state index in [1.165, 1.54) is 10.6 Å². The summed E-state index contributed by atoms with van der Waals surface area (Å²) in [6.07, 6.45) is 1.19. The van der Waals surface area contributed by atoms with E-state index in [9.17, 15) is 13.5 Å². The molecule has 23 heavy (non-hydrogen) atoms. The Hall–Kier alpha value is -2.39. The lowest BCUT2D eigenvalue weighted by Gasteiger charge is -2.25. The number of rotatable bonds is 1. The Morgan fingerprint density at radius 1 is 1.26 bits per heavy atom. The normalized spacial score (nSPS) is 16.0. The largest absolute Gasteiger partial charge is 0.508 e. The highest BCUT2D eigenvalue weighted by Gasteiger charge is 2.27. The van der Waals surface area contributed by atoms with Crippen LogP contribution in [0.25, 0.3) is 21.9 Å². The molecular weight excluding hydrogens is 318 g/mol. The van der Waals surface area contributed by atoms with Gasteiger partial charge < -0.3 is 15.4 Å². The fourth-order valence-electron chi connectivity index (χ4n) is 3.04. The van der Waals surface area contributed by atoms with E-state index in [0.717, 1.165) is 10.9 Å². The Labute approximate surface area is 132 Å². The Balaban J connectivity index is 2.00. The van der Waals surface area contributed by atoms with Crippen LogP contribution in [-0.4, -0.2) is 45.2 Å². The van der Waals surface area contributed by atoms with Gasteiger partial charge in [0.2, 0.25) is 10.0 Å². The quantitative estimate of drug-likeness (QED) is 0.676. The lowest BCUT2D eigenvalue weighted by Crippen LogP contribution is -2.37. The summed E-state index contributed by atoms with van der Waals surface area (Å²) in [6.45, 7) is 1.10. The van der Waals surface area contributed by atoms with Gasteiger partial charge in [-0.15, -0.1) is 0 Å². The predicted octanol–water partition coefficient (Wildman–Crippen LogP) is 0.647. The highest BCUT2D eigenvalue weighted by atomic mass is 32.2. The van der Waals surface area contributed by atoms with Gasteiger partial charge in [-0.05, 0) is 12.1 Å². The van der Waals surface area contributed by atoms with Crippen LogP contribution in [0.4, 0.5) is 5.82 Å². The van der Waals surface area contributed by atoms with Gasteiger partial charge in [0.1, 0.15) is 17.1 Å². The van der Waals surface area contributed by atoms with E-state index < -0.39 is 10.0 Å². The minimum absolute atomic E-state index is 0.116. The van der Waals surface area contributed by atoms with Gasteiger partial charge in [0, 0.05) is 24.5 Å². The number of sulfonamides is 1. The van der Waals surface area contributed by atoms with Gasteiger partial charge in [0.25, 0.3) is 0 Å². The summed E-state index contributed by atoms with van der Waals surface area (Å²) < 4.78 is 26.9. The number of nitrogens with two attached hydrogens (primary N) is 1. The number of fused-ring (bicyclic) bond motifs is 5. The maximum atomic E-state index is 11.8. The number of hydrogen-bond donors (Lipinski definition) is 2. The molecule has 1 aromatic carbocycles. The number of pyridine rings is 1. The lowest BCUT2D eigenvalue weighted by molar-refractivity contribution is 0.341. The molecule has 8 nitrogen and oxygen atoms in total. The maximum Gasteiger partial charge on any atom is 0.211 e.